The molecule has 4 aromatic rings. The molecule has 0 fully saturated rings. The van der Waals surface area contributed by atoms with Crippen molar-refractivity contribution in [2.45, 2.75) is 6.54 Å². The molecule has 0 saturated carbocycles. The van der Waals surface area contributed by atoms with Gasteiger partial charge in [0.05, 0.1) is 0 Å². The molecule has 0 aliphatic heterocycles. The van der Waals surface area contributed by atoms with E-state index in [4.69, 9.17) is 4.42 Å². The number of pyridine rings is 1. The molecule has 0 saturated heterocycles. The standard InChI is InChI=1S/C26H20BrN3O3/c27-21-10-8-19(9-11-21)24-13-12-22(33-24)15-23(30-25(31)20-6-2-1-3-7-20)26(32)29-17-18-5-4-14-28-16-18/h1-16H,17H2,(H,29,32)(H,30,31). The van der Waals surface area contributed by atoms with Gasteiger partial charge in [0.1, 0.15) is 17.2 Å². The Morgan fingerprint density at radius 2 is 1.73 bits per heavy atom. The minimum Gasteiger partial charge on any atom is -0.457 e. The molecule has 6 nitrogen and oxygen atoms in total. The van der Waals surface area contributed by atoms with Crippen LogP contribution in [-0.4, -0.2) is 16.8 Å². The number of benzene rings is 2. The zero-order valence-corrected chi connectivity index (χ0v) is 19.1. The summed E-state index contributed by atoms with van der Waals surface area (Å²) in [6.45, 7) is 0.271. The summed E-state index contributed by atoms with van der Waals surface area (Å²) >= 11 is 3.42. The number of nitrogens with one attached hydrogen (secondary N) is 2. The Morgan fingerprint density at radius 1 is 0.939 bits per heavy atom. The molecule has 164 valence electrons. The number of amides is 2. The second kappa shape index (κ2) is 10.6. The Morgan fingerprint density at radius 3 is 2.45 bits per heavy atom. The average molecular weight is 502 g/mol. The monoisotopic (exact) mass is 501 g/mol. The fourth-order valence-electron chi connectivity index (χ4n) is 3.06. The van der Waals surface area contributed by atoms with Crippen molar-refractivity contribution >= 4 is 33.8 Å². The summed E-state index contributed by atoms with van der Waals surface area (Å²) in [5.41, 5.74) is 2.26. The number of rotatable bonds is 7. The van der Waals surface area contributed by atoms with Crippen LogP contribution in [0.5, 0.6) is 0 Å². The van der Waals surface area contributed by atoms with E-state index in [9.17, 15) is 9.59 Å². The second-order valence-electron chi connectivity index (χ2n) is 7.13. The van der Waals surface area contributed by atoms with Crippen molar-refractivity contribution in [2.24, 2.45) is 0 Å². The van der Waals surface area contributed by atoms with E-state index in [1.807, 2.05) is 42.5 Å². The van der Waals surface area contributed by atoms with Gasteiger partial charge in [0.2, 0.25) is 0 Å². The van der Waals surface area contributed by atoms with E-state index in [-0.39, 0.29) is 12.2 Å². The first-order valence-electron chi connectivity index (χ1n) is 10.2. The van der Waals surface area contributed by atoms with E-state index < -0.39 is 11.8 Å². The SMILES string of the molecule is O=C(NCc1cccnc1)C(=Cc1ccc(-c2ccc(Br)cc2)o1)NC(=O)c1ccccc1. The third-order valence-electron chi connectivity index (χ3n) is 4.75. The van der Waals surface area contributed by atoms with Gasteiger partial charge < -0.3 is 15.1 Å². The lowest BCUT2D eigenvalue weighted by atomic mass is 10.2. The predicted molar refractivity (Wildman–Crippen MR) is 130 cm³/mol. The second-order valence-corrected chi connectivity index (χ2v) is 8.05. The lowest BCUT2D eigenvalue weighted by molar-refractivity contribution is -0.117. The van der Waals surface area contributed by atoms with E-state index in [2.05, 4.69) is 31.5 Å². The summed E-state index contributed by atoms with van der Waals surface area (Å²) in [6, 6.07) is 23.6. The zero-order chi connectivity index (χ0) is 23.0. The summed E-state index contributed by atoms with van der Waals surface area (Å²) in [4.78, 5) is 29.7. The fourth-order valence-corrected chi connectivity index (χ4v) is 3.33. The molecule has 0 aliphatic carbocycles. The van der Waals surface area contributed by atoms with Crippen molar-refractivity contribution in [3.8, 4) is 11.3 Å². The quantitative estimate of drug-likeness (QED) is 0.341. The highest BCUT2D eigenvalue weighted by molar-refractivity contribution is 9.10. The maximum atomic E-state index is 12.9. The van der Waals surface area contributed by atoms with Gasteiger partial charge in [0.25, 0.3) is 11.8 Å². The van der Waals surface area contributed by atoms with Crippen LogP contribution in [0.3, 0.4) is 0 Å². The molecule has 0 atom stereocenters. The highest BCUT2D eigenvalue weighted by Crippen LogP contribution is 2.25. The van der Waals surface area contributed by atoms with Crippen molar-refractivity contribution in [3.63, 3.8) is 0 Å². The Labute approximate surface area is 199 Å². The number of hydrogen-bond acceptors (Lipinski definition) is 4. The highest BCUT2D eigenvalue weighted by atomic mass is 79.9. The molecular formula is C26H20BrN3O3. The van der Waals surface area contributed by atoms with E-state index in [1.165, 1.54) is 6.08 Å². The van der Waals surface area contributed by atoms with Crippen molar-refractivity contribution in [2.75, 3.05) is 0 Å². The molecule has 2 aromatic heterocycles. The van der Waals surface area contributed by atoms with Gasteiger partial charge >= 0.3 is 0 Å². The number of halogens is 1. The van der Waals surface area contributed by atoms with Crippen molar-refractivity contribution in [3.05, 3.63) is 118 Å². The Balaban J connectivity index is 1.57. The highest BCUT2D eigenvalue weighted by Gasteiger charge is 2.16. The number of furan rings is 1. The van der Waals surface area contributed by atoms with E-state index in [1.54, 1.807) is 48.8 Å². The van der Waals surface area contributed by atoms with Crippen molar-refractivity contribution < 1.29 is 14.0 Å². The lowest BCUT2D eigenvalue weighted by Gasteiger charge is -2.11. The molecule has 7 heteroatoms. The zero-order valence-electron chi connectivity index (χ0n) is 17.5. The number of aromatic nitrogens is 1. The largest absolute Gasteiger partial charge is 0.457 e. The number of carbonyl (C=O) groups excluding carboxylic acids is 2. The van der Waals surface area contributed by atoms with Gasteiger partial charge in [-0.05, 0) is 48.0 Å². The van der Waals surface area contributed by atoms with E-state index >= 15 is 0 Å². The molecule has 0 unspecified atom stereocenters. The molecule has 4 rings (SSSR count). The van der Waals surface area contributed by atoms with Crippen LogP contribution < -0.4 is 10.6 Å². The summed E-state index contributed by atoms with van der Waals surface area (Å²) in [5, 5.41) is 5.51. The third kappa shape index (κ3) is 6.05. The van der Waals surface area contributed by atoms with Crippen LogP contribution >= 0.6 is 15.9 Å². The molecular weight excluding hydrogens is 482 g/mol. The molecule has 2 N–H and O–H groups in total. The van der Waals surface area contributed by atoms with Gasteiger partial charge in [0.15, 0.2) is 0 Å². The van der Waals surface area contributed by atoms with Gasteiger partial charge in [-0.25, -0.2) is 0 Å². The molecule has 2 amide bonds. The maximum Gasteiger partial charge on any atom is 0.268 e. The van der Waals surface area contributed by atoms with Crippen molar-refractivity contribution in [1.82, 2.24) is 15.6 Å². The summed E-state index contributed by atoms with van der Waals surface area (Å²) in [5.74, 6) is 0.258. The van der Waals surface area contributed by atoms with Crippen molar-refractivity contribution in [1.29, 1.82) is 0 Å². The Bertz CT molecular complexity index is 1270. The first-order chi connectivity index (χ1) is 16.1. The minimum absolute atomic E-state index is 0.0736. The molecule has 33 heavy (non-hydrogen) atoms. The number of carbonyl (C=O) groups is 2. The smallest absolute Gasteiger partial charge is 0.268 e. The first kappa shape index (κ1) is 22.2. The molecule has 0 bridgehead atoms. The summed E-state index contributed by atoms with van der Waals surface area (Å²) in [6.07, 6.45) is 4.85. The Hall–Kier alpha value is -3.97. The molecule has 0 radical (unpaired) electrons. The van der Waals surface area contributed by atoms with Gasteiger partial charge in [-0.2, -0.15) is 0 Å². The fraction of sp³-hybridized carbons (Fsp3) is 0.0385. The Kier molecular flexibility index (Phi) is 7.12. The van der Waals surface area contributed by atoms with Crippen LogP contribution in [-0.2, 0) is 11.3 Å². The maximum absolute atomic E-state index is 12.9. The van der Waals surface area contributed by atoms with Gasteiger partial charge in [-0.1, -0.05) is 52.3 Å². The number of hydrogen-bond donors (Lipinski definition) is 2. The van der Waals surface area contributed by atoms with Gasteiger partial charge in [-0.15, -0.1) is 0 Å². The normalized spacial score (nSPS) is 11.1. The van der Waals surface area contributed by atoms with Crippen LogP contribution in [0.1, 0.15) is 21.7 Å². The van der Waals surface area contributed by atoms with Crippen LogP contribution in [0.25, 0.3) is 17.4 Å². The lowest BCUT2D eigenvalue weighted by Crippen LogP contribution is -2.34. The average Bonchev–Trinajstić information content (AvgIpc) is 3.32. The van der Waals surface area contributed by atoms with Crippen LogP contribution in [0, 0.1) is 0 Å². The predicted octanol–water partition coefficient (Wildman–Crippen LogP) is 5.19. The molecule has 2 aromatic carbocycles. The third-order valence-corrected chi connectivity index (χ3v) is 5.28. The van der Waals surface area contributed by atoms with Crippen LogP contribution in [0.2, 0.25) is 0 Å². The topological polar surface area (TPSA) is 84.2 Å². The summed E-state index contributed by atoms with van der Waals surface area (Å²) in [7, 11) is 0. The van der Waals surface area contributed by atoms with E-state index in [0.717, 1.165) is 15.6 Å². The molecule has 0 aliphatic rings. The minimum atomic E-state index is -0.440. The molecule has 0 spiro atoms. The molecule has 2 heterocycles. The van der Waals surface area contributed by atoms with Crippen LogP contribution in [0.15, 0.2) is 106 Å². The van der Waals surface area contributed by atoms with Crippen LogP contribution in [0.4, 0.5) is 0 Å². The first-order valence-corrected chi connectivity index (χ1v) is 11.0. The van der Waals surface area contributed by atoms with Gasteiger partial charge in [0, 0.05) is 40.6 Å². The number of nitrogens with zero attached hydrogens (tertiary/aromatic N) is 1. The van der Waals surface area contributed by atoms with E-state index in [0.29, 0.717) is 17.1 Å². The van der Waals surface area contributed by atoms with Gasteiger partial charge in [-0.3, -0.25) is 14.6 Å². The summed E-state index contributed by atoms with van der Waals surface area (Å²) < 4.78 is 6.87.